The van der Waals surface area contributed by atoms with Crippen LogP contribution in [0.3, 0.4) is 0 Å². The van der Waals surface area contributed by atoms with Crippen LogP contribution < -0.4 is 0 Å². The minimum absolute atomic E-state index is 0.186. The number of aryl methyl sites for hydroxylation is 1. The summed E-state index contributed by atoms with van der Waals surface area (Å²) in [7, 11) is 1.68. The highest BCUT2D eigenvalue weighted by Gasteiger charge is 2.20. The van der Waals surface area contributed by atoms with Gasteiger partial charge in [-0.3, -0.25) is 4.98 Å². The van der Waals surface area contributed by atoms with Crippen molar-refractivity contribution in [2.75, 3.05) is 0 Å². The SMILES string of the molecule is Cn1cc(-c2ccc3cc(Cc4cc(F)cc(F)c4)ncc3c2F)c2c(N=Cc3ccccc3)ncc(F)c21. The quantitative estimate of drug-likeness (QED) is 0.171. The molecule has 0 saturated carbocycles. The zero-order valence-electron chi connectivity index (χ0n) is 20.7. The third-order valence-corrected chi connectivity index (χ3v) is 6.56. The standard InChI is InChI=1S/C31H20F4N4/c1-39-17-26(28-30(39)27(34)16-38-31(28)37-14-18-5-3-2-4-6-18)24-8-7-20-12-23(36-15-25(20)29(24)35)11-19-9-21(32)13-22(33)10-19/h2-10,12-17H,11H2,1H3. The van der Waals surface area contributed by atoms with Gasteiger partial charge in [-0.2, -0.15) is 0 Å². The van der Waals surface area contributed by atoms with E-state index >= 15 is 4.39 Å². The van der Waals surface area contributed by atoms with E-state index in [-0.39, 0.29) is 28.7 Å². The van der Waals surface area contributed by atoms with E-state index in [1.54, 1.807) is 42.2 Å². The van der Waals surface area contributed by atoms with Crippen LogP contribution in [0, 0.1) is 23.3 Å². The highest BCUT2D eigenvalue weighted by Crippen LogP contribution is 2.39. The van der Waals surface area contributed by atoms with Crippen molar-refractivity contribution in [3.63, 3.8) is 0 Å². The fraction of sp³-hybridized carbons (Fsp3) is 0.0645. The van der Waals surface area contributed by atoms with Gasteiger partial charge in [-0.1, -0.05) is 42.5 Å². The summed E-state index contributed by atoms with van der Waals surface area (Å²) < 4.78 is 59.6. The van der Waals surface area contributed by atoms with Gasteiger partial charge in [-0.15, -0.1) is 0 Å². The maximum atomic E-state index is 15.9. The molecule has 0 aliphatic rings. The molecule has 0 atom stereocenters. The summed E-state index contributed by atoms with van der Waals surface area (Å²) in [6.07, 6.45) is 5.98. The molecule has 0 bridgehead atoms. The highest BCUT2D eigenvalue weighted by atomic mass is 19.1. The molecule has 0 spiro atoms. The molecule has 3 heterocycles. The van der Waals surface area contributed by atoms with Crippen LogP contribution in [0.4, 0.5) is 23.4 Å². The molecule has 192 valence electrons. The first kappa shape index (κ1) is 24.5. The number of benzene rings is 3. The van der Waals surface area contributed by atoms with Crippen molar-refractivity contribution in [3.8, 4) is 11.1 Å². The van der Waals surface area contributed by atoms with Crippen molar-refractivity contribution in [1.29, 1.82) is 0 Å². The number of hydrogen-bond acceptors (Lipinski definition) is 3. The predicted molar refractivity (Wildman–Crippen MR) is 144 cm³/mol. The Morgan fingerprint density at radius 3 is 2.38 bits per heavy atom. The van der Waals surface area contributed by atoms with Crippen LogP contribution in [0.5, 0.6) is 0 Å². The zero-order valence-corrected chi connectivity index (χ0v) is 20.7. The number of pyridine rings is 2. The minimum Gasteiger partial charge on any atom is -0.347 e. The lowest BCUT2D eigenvalue weighted by molar-refractivity contribution is 0.580. The van der Waals surface area contributed by atoms with Gasteiger partial charge >= 0.3 is 0 Å². The van der Waals surface area contributed by atoms with Gasteiger partial charge < -0.3 is 4.57 Å². The summed E-state index contributed by atoms with van der Waals surface area (Å²) in [5.41, 5.74) is 2.75. The number of aromatic nitrogens is 3. The van der Waals surface area contributed by atoms with Gasteiger partial charge in [0.05, 0.1) is 17.1 Å². The molecule has 0 aliphatic carbocycles. The average molecular weight is 525 g/mol. The molecular formula is C31H20F4N4. The highest BCUT2D eigenvalue weighted by molar-refractivity contribution is 6.05. The van der Waals surface area contributed by atoms with Gasteiger partial charge in [-0.25, -0.2) is 27.5 Å². The second kappa shape index (κ2) is 9.79. The first-order valence-electron chi connectivity index (χ1n) is 12.1. The Morgan fingerprint density at radius 2 is 1.62 bits per heavy atom. The van der Waals surface area contributed by atoms with E-state index in [1.165, 1.54) is 18.3 Å². The number of aliphatic imine (C=N–C) groups is 1. The van der Waals surface area contributed by atoms with Gasteiger partial charge in [-0.05, 0) is 34.7 Å². The lowest BCUT2D eigenvalue weighted by Crippen LogP contribution is -1.96. The molecule has 3 aromatic carbocycles. The molecule has 0 saturated heterocycles. The Labute approximate surface area is 220 Å². The molecule has 3 aromatic heterocycles. The fourth-order valence-electron chi connectivity index (χ4n) is 4.82. The lowest BCUT2D eigenvalue weighted by Gasteiger charge is -2.09. The van der Waals surface area contributed by atoms with E-state index in [4.69, 9.17) is 0 Å². The summed E-state index contributed by atoms with van der Waals surface area (Å²) in [5, 5.41) is 1.23. The Morgan fingerprint density at radius 1 is 0.846 bits per heavy atom. The van der Waals surface area contributed by atoms with Crippen molar-refractivity contribution >= 4 is 33.7 Å². The van der Waals surface area contributed by atoms with Crippen molar-refractivity contribution in [1.82, 2.24) is 14.5 Å². The smallest absolute Gasteiger partial charge is 0.165 e. The molecule has 0 radical (unpaired) electrons. The zero-order chi connectivity index (χ0) is 27.1. The molecule has 4 nitrogen and oxygen atoms in total. The van der Waals surface area contributed by atoms with E-state index < -0.39 is 23.3 Å². The summed E-state index contributed by atoms with van der Waals surface area (Å²) in [6, 6.07) is 17.7. The van der Waals surface area contributed by atoms with Crippen LogP contribution >= 0.6 is 0 Å². The topological polar surface area (TPSA) is 43.1 Å². The third kappa shape index (κ3) is 4.65. The van der Waals surface area contributed by atoms with Gasteiger partial charge in [0.1, 0.15) is 17.5 Å². The van der Waals surface area contributed by atoms with Crippen LogP contribution in [-0.4, -0.2) is 20.7 Å². The van der Waals surface area contributed by atoms with Crippen LogP contribution in [0.2, 0.25) is 0 Å². The first-order chi connectivity index (χ1) is 18.9. The maximum absolute atomic E-state index is 15.9. The van der Waals surface area contributed by atoms with Crippen molar-refractivity contribution in [2.45, 2.75) is 6.42 Å². The summed E-state index contributed by atoms with van der Waals surface area (Å²) >= 11 is 0. The molecule has 0 fully saturated rings. The largest absolute Gasteiger partial charge is 0.347 e. The maximum Gasteiger partial charge on any atom is 0.165 e. The molecule has 8 heteroatoms. The molecule has 6 aromatic rings. The fourth-order valence-corrected chi connectivity index (χ4v) is 4.82. The second-order valence-corrected chi connectivity index (χ2v) is 9.25. The Bertz CT molecular complexity index is 1870. The summed E-state index contributed by atoms with van der Waals surface area (Å²) in [4.78, 5) is 13.0. The van der Waals surface area contributed by atoms with Crippen LogP contribution in [0.1, 0.15) is 16.8 Å². The number of nitrogens with zero attached hydrogens (tertiary/aromatic N) is 4. The van der Waals surface area contributed by atoms with Crippen LogP contribution in [0.25, 0.3) is 32.8 Å². The number of rotatable bonds is 5. The molecule has 0 unspecified atom stereocenters. The Kier molecular flexibility index (Phi) is 6.15. The van der Waals surface area contributed by atoms with Crippen molar-refractivity contribution in [2.24, 2.45) is 12.0 Å². The Hall–Kier alpha value is -4.85. The monoisotopic (exact) mass is 524 g/mol. The normalized spacial score (nSPS) is 11.7. The molecule has 39 heavy (non-hydrogen) atoms. The average Bonchev–Trinajstić information content (AvgIpc) is 3.26. The lowest BCUT2D eigenvalue weighted by atomic mass is 9.99. The third-order valence-electron chi connectivity index (χ3n) is 6.56. The molecule has 6 rings (SSSR count). The van der Waals surface area contributed by atoms with Gasteiger partial charge in [0.2, 0.25) is 0 Å². The molecule has 0 N–H and O–H groups in total. The number of hydrogen-bond donors (Lipinski definition) is 0. The summed E-state index contributed by atoms with van der Waals surface area (Å²) in [6.45, 7) is 0. The Balaban J connectivity index is 1.44. The van der Waals surface area contributed by atoms with E-state index in [0.29, 0.717) is 27.6 Å². The first-order valence-corrected chi connectivity index (χ1v) is 12.1. The minimum atomic E-state index is -0.671. The molecule has 0 aliphatic heterocycles. The van der Waals surface area contributed by atoms with E-state index in [2.05, 4.69) is 15.0 Å². The molecule has 0 amide bonds. The van der Waals surface area contributed by atoms with Crippen molar-refractivity contribution < 1.29 is 17.6 Å². The predicted octanol–water partition coefficient (Wildman–Crippen LogP) is 7.69. The van der Waals surface area contributed by atoms with E-state index in [9.17, 15) is 13.2 Å². The van der Waals surface area contributed by atoms with Crippen LogP contribution in [0.15, 0.2) is 90.3 Å². The van der Waals surface area contributed by atoms with E-state index in [1.807, 2.05) is 30.3 Å². The number of halogens is 4. The van der Waals surface area contributed by atoms with Gasteiger partial charge in [0, 0.05) is 60.4 Å². The van der Waals surface area contributed by atoms with Crippen molar-refractivity contribution in [3.05, 3.63) is 125 Å². The summed E-state index contributed by atoms with van der Waals surface area (Å²) in [5.74, 6) is -2.15. The van der Waals surface area contributed by atoms with E-state index in [0.717, 1.165) is 17.8 Å². The number of fused-ring (bicyclic) bond motifs is 2. The second-order valence-electron chi connectivity index (χ2n) is 9.25. The van der Waals surface area contributed by atoms with Crippen LogP contribution in [-0.2, 0) is 13.5 Å². The van der Waals surface area contributed by atoms with Gasteiger partial charge in [0.25, 0.3) is 0 Å². The molecular weight excluding hydrogens is 504 g/mol. The van der Waals surface area contributed by atoms with Gasteiger partial charge in [0.15, 0.2) is 11.6 Å².